The van der Waals surface area contributed by atoms with E-state index in [-0.39, 0.29) is 5.82 Å². The predicted octanol–water partition coefficient (Wildman–Crippen LogP) is 3.88. The SMILES string of the molecule is O=C(CCC1CCCC1)N1CCCN(Cc2nc(-c3cccc(F)c3)no2)CC1. The van der Waals surface area contributed by atoms with Crippen molar-refractivity contribution in [2.75, 3.05) is 26.2 Å². The normalized spacial score (nSPS) is 18.9. The summed E-state index contributed by atoms with van der Waals surface area (Å²) in [6.07, 6.45) is 7.92. The Labute approximate surface area is 171 Å². The summed E-state index contributed by atoms with van der Waals surface area (Å²) in [5, 5.41) is 3.98. The molecule has 2 heterocycles. The smallest absolute Gasteiger partial charge is 0.241 e. The zero-order chi connectivity index (χ0) is 20.1. The van der Waals surface area contributed by atoms with Crippen molar-refractivity contribution >= 4 is 5.91 Å². The Balaban J connectivity index is 1.27. The first kappa shape index (κ1) is 20.0. The third-order valence-electron chi connectivity index (χ3n) is 6.09. The molecule has 7 heteroatoms. The van der Waals surface area contributed by atoms with Crippen LogP contribution in [0.25, 0.3) is 11.4 Å². The van der Waals surface area contributed by atoms with E-state index in [4.69, 9.17) is 4.52 Å². The number of carbonyl (C=O) groups excluding carboxylic acids is 1. The second-order valence-corrected chi connectivity index (χ2v) is 8.22. The van der Waals surface area contributed by atoms with E-state index < -0.39 is 0 Å². The van der Waals surface area contributed by atoms with Crippen molar-refractivity contribution in [2.45, 2.75) is 51.5 Å². The minimum absolute atomic E-state index is 0.296. The first-order valence-corrected chi connectivity index (χ1v) is 10.8. The van der Waals surface area contributed by atoms with Crippen LogP contribution in [0.2, 0.25) is 0 Å². The van der Waals surface area contributed by atoms with Gasteiger partial charge in [-0.25, -0.2) is 4.39 Å². The molecule has 29 heavy (non-hydrogen) atoms. The van der Waals surface area contributed by atoms with E-state index in [0.717, 1.165) is 44.9 Å². The molecule has 1 saturated heterocycles. The summed E-state index contributed by atoms with van der Waals surface area (Å²) in [5.41, 5.74) is 0.606. The zero-order valence-electron chi connectivity index (χ0n) is 16.9. The lowest BCUT2D eigenvalue weighted by atomic mass is 10.0. The Morgan fingerprint density at radius 3 is 2.83 bits per heavy atom. The number of halogens is 1. The van der Waals surface area contributed by atoms with Crippen molar-refractivity contribution in [1.82, 2.24) is 19.9 Å². The maximum Gasteiger partial charge on any atom is 0.241 e. The maximum atomic E-state index is 13.4. The minimum Gasteiger partial charge on any atom is -0.341 e. The molecule has 0 spiro atoms. The standard InChI is InChI=1S/C22H29FN4O2/c23-19-8-3-7-18(15-19)22-24-20(29-25-22)16-26-11-4-12-27(14-13-26)21(28)10-9-17-5-1-2-6-17/h3,7-8,15,17H,1-2,4-6,9-14,16H2. The first-order chi connectivity index (χ1) is 14.2. The number of rotatable bonds is 6. The summed E-state index contributed by atoms with van der Waals surface area (Å²) in [5.74, 6) is 1.65. The molecule has 2 aliphatic rings. The van der Waals surface area contributed by atoms with Gasteiger partial charge in [0.25, 0.3) is 0 Å². The molecule has 6 nitrogen and oxygen atoms in total. The third-order valence-corrected chi connectivity index (χ3v) is 6.09. The van der Waals surface area contributed by atoms with Gasteiger partial charge in [-0.15, -0.1) is 0 Å². The number of amides is 1. The lowest BCUT2D eigenvalue weighted by Crippen LogP contribution is -2.35. The van der Waals surface area contributed by atoms with Gasteiger partial charge in [0.2, 0.25) is 17.6 Å². The highest BCUT2D eigenvalue weighted by molar-refractivity contribution is 5.76. The monoisotopic (exact) mass is 400 g/mol. The van der Waals surface area contributed by atoms with Crippen LogP contribution in [-0.2, 0) is 11.3 Å². The van der Waals surface area contributed by atoms with Gasteiger partial charge in [-0.1, -0.05) is 43.0 Å². The number of benzene rings is 1. The molecule has 0 radical (unpaired) electrons. The number of hydrogen-bond acceptors (Lipinski definition) is 5. The van der Waals surface area contributed by atoms with Gasteiger partial charge in [0, 0.05) is 38.2 Å². The topological polar surface area (TPSA) is 62.5 Å². The fourth-order valence-corrected chi connectivity index (χ4v) is 4.42. The Morgan fingerprint density at radius 2 is 2.00 bits per heavy atom. The molecule has 1 aromatic carbocycles. The molecule has 2 fully saturated rings. The lowest BCUT2D eigenvalue weighted by Gasteiger charge is -2.22. The number of carbonyl (C=O) groups is 1. The number of aromatic nitrogens is 2. The van der Waals surface area contributed by atoms with Gasteiger partial charge in [-0.05, 0) is 30.9 Å². The van der Waals surface area contributed by atoms with E-state index in [1.165, 1.54) is 37.8 Å². The Morgan fingerprint density at radius 1 is 1.14 bits per heavy atom. The fourth-order valence-electron chi connectivity index (χ4n) is 4.42. The molecule has 0 bridgehead atoms. The summed E-state index contributed by atoms with van der Waals surface area (Å²) in [7, 11) is 0. The second-order valence-electron chi connectivity index (χ2n) is 8.22. The van der Waals surface area contributed by atoms with Crippen molar-refractivity contribution in [3.8, 4) is 11.4 Å². The Bertz CT molecular complexity index is 819. The van der Waals surface area contributed by atoms with E-state index in [9.17, 15) is 9.18 Å². The van der Waals surface area contributed by atoms with Crippen LogP contribution in [0.5, 0.6) is 0 Å². The first-order valence-electron chi connectivity index (χ1n) is 10.8. The summed E-state index contributed by atoms with van der Waals surface area (Å²) in [4.78, 5) is 21.3. The quantitative estimate of drug-likeness (QED) is 0.736. The van der Waals surface area contributed by atoms with Crippen LogP contribution >= 0.6 is 0 Å². The largest absolute Gasteiger partial charge is 0.341 e. The average Bonchev–Trinajstić information content (AvgIpc) is 3.35. The molecular weight excluding hydrogens is 371 g/mol. The van der Waals surface area contributed by atoms with Crippen molar-refractivity contribution in [3.63, 3.8) is 0 Å². The van der Waals surface area contributed by atoms with Crippen LogP contribution in [0.3, 0.4) is 0 Å². The minimum atomic E-state index is -0.320. The van der Waals surface area contributed by atoms with Crippen LogP contribution in [0.4, 0.5) is 4.39 Å². The molecule has 4 rings (SSSR count). The molecule has 0 atom stereocenters. The predicted molar refractivity (Wildman–Crippen MR) is 107 cm³/mol. The molecule has 0 unspecified atom stereocenters. The summed E-state index contributed by atoms with van der Waals surface area (Å²) < 4.78 is 18.8. The number of nitrogens with zero attached hydrogens (tertiary/aromatic N) is 4. The molecule has 1 aliphatic heterocycles. The van der Waals surface area contributed by atoms with Gasteiger partial charge >= 0.3 is 0 Å². The van der Waals surface area contributed by atoms with Crippen molar-refractivity contribution in [3.05, 3.63) is 36.0 Å². The molecule has 1 aromatic heterocycles. The van der Waals surface area contributed by atoms with Crippen LogP contribution in [0.15, 0.2) is 28.8 Å². The van der Waals surface area contributed by atoms with Gasteiger partial charge in [0.1, 0.15) is 5.82 Å². The van der Waals surface area contributed by atoms with Crippen LogP contribution in [-0.4, -0.2) is 52.0 Å². The highest BCUT2D eigenvalue weighted by Gasteiger charge is 2.22. The van der Waals surface area contributed by atoms with E-state index in [1.54, 1.807) is 12.1 Å². The van der Waals surface area contributed by atoms with E-state index >= 15 is 0 Å². The van der Waals surface area contributed by atoms with Crippen molar-refractivity contribution in [1.29, 1.82) is 0 Å². The van der Waals surface area contributed by atoms with Crippen LogP contribution < -0.4 is 0 Å². The third kappa shape index (κ3) is 5.41. The van der Waals surface area contributed by atoms with E-state index in [1.807, 2.05) is 4.90 Å². The van der Waals surface area contributed by atoms with Crippen molar-refractivity contribution in [2.24, 2.45) is 5.92 Å². The number of hydrogen-bond donors (Lipinski definition) is 0. The molecule has 0 N–H and O–H groups in total. The van der Waals surface area contributed by atoms with Gasteiger partial charge in [0.05, 0.1) is 6.54 Å². The Hall–Kier alpha value is -2.28. The Kier molecular flexibility index (Phi) is 6.54. The maximum absolute atomic E-state index is 13.4. The van der Waals surface area contributed by atoms with E-state index in [0.29, 0.717) is 36.2 Å². The van der Waals surface area contributed by atoms with Gasteiger partial charge < -0.3 is 9.42 Å². The second kappa shape index (κ2) is 9.48. The van der Waals surface area contributed by atoms with Crippen LogP contribution in [0.1, 0.15) is 50.8 Å². The summed E-state index contributed by atoms with van der Waals surface area (Å²) >= 11 is 0. The van der Waals surface area contributed by atoms with Gasteiger partial charge in [-0.3, -0.25) is 9.69 Å². The summed E-state index contributed by atoms with van der Waals surface area (Å²) in [6, 6.07) is 6.19. The molecule has 2 aromatic rings. The van der Waals surface area contributed by atoms with Gasteiger partial charge in [-0.2, -0.15) is 4.98 Å². The molecule has 156 valence electrons. The molecular formula is C22H29FN4O2. The molecule has 1 saturated carbocycles. The van der Waals surface area contributed by atoms with Crippen molar-refractivity contribution < 1.29 is 13.7 Å². The molecule has 1 aliphatic carbocycles. The highest BCUT2D eigenvalue weighted by atomic mass is 19.1. The fraction of sp³-hybridized carbons (Fsp3) is 0.591. The highest BCUT2D eigenvalue weighted by Crippen LogP contribution is 2.28. The average molecular weight is 400 g/mol. The van der Waals surface area contributed by atoms with Crippen LogP contribution in [0, 0.1) is 11.7 Å². The zero-order valence-corrected chi connectivity index (χ0v) is 16.9. The van der Waals surface area contributed by atoms with Gasteiger partial charge in [0.15, 0.2) is 0 Å². The lowest BCUT2D eigenvalue weighted by molar-refractivity contribution is -0.131. The molecule has 1 amide bonds. The summed E-state index contributed by atoms with van der Waals surface area (Å²) in [6.45, 7) is 3.80. The van der Waals surface area contributed by atoms with E-state index in [2.05, 4.69) is 15.0 Å².